The molecule has 3 N–H and O–H groups in total. The van der Waals surface area contributed by atoms with Crippen molar-refractivity contribution in [3.8, 4) is 0 Å². The lowest BCUT2D eigenvalue weighted by molar-refractivity contribution is -0.115. The molecule has 0 unspecified atom stereocenters. The molecule has 1 heterocycles. The Balaban J connectivity index is 1.75. The number of carbonyl (C=O) groups excluding carboxylic acids is 2. The summed E-state index contributed by atoms with van der Waals surface area (Å²) in [6, 6.07) is 6.35. The van der Waals surface area contributed by atoms with E-state index in [9.17, 15) is 18.0 Å². The Bertz CT molecular complexity index is 1020. The molecule has 1 aliphatic carbocycles. The van der Waals surface area contributed by atoms with Crippen molar-refractivity contribution in [3.05, 3.63) is 45.8 Å². The second-order valence-corrected chi connectivity index (χ2v) is 11.2. The number of thiophene rings is 1. The molecule has 3 rings (SSSR count). The van der Waals surface area contributed by atoms with Gasteiger partial charge in [-0.25, -0.2) is 8.42 Å². The van der Waals surface area contributed by atoms with Gasteiger partial charge in [0, 0.05) is 4.88 Å². The summed E-state index contributed by atoms with van der Waals surface area (Å²) >= 11 is 1.44. The fraction of sp³-hybridized carbons (Fsp3) is 0.429. The van der Waals surface area contributed by atoms with E-state index >= 15 is 0 Å². The van der Waals surface area contributed by atoms with Gasteiger partial charge in [0.15, 0.2) is 9.84 Å². The first kappa shape index (κ1) is 21.5. The number of nitrogens with one attached hydrogen (secondary N) is 1. The molecule has 29 heavy (non-hydrogen) atoms. The molecule has 1 aliphatic rings. The van der Waals surface area contributed by atoms with Crippen molar-refractivity contribution >= 4 is 38.0 Å². The molecule has 0 aliphatic heterocycles. The van der Waals surface area contributed by atoms with Crippen molar-refractivity contribution in [2.45, 2.75) is 62.5 Å². The summed E-state index contributed by atoms with van der Waals surface area (Å²) in [7, 11) is -3.34. The van der Waals surface area contributed by atoms with Gasteiger partial charge in [-0.15, -0.1) is 11.3 Å². The number of sulfone groups is 1. The first-order valence-corrected chi connectivity index (χ1v) is 12.1. The minimum Gasteiger partial charge on any atom is -0.365 e. The third-order valence-corrected chi connectivity index (χ3v) is 8.54. The molecule has 0 spiro atoms. The lowest BCUT2D eigenvalue weighted by Gasteiger charge is -2.09. The van der Waals surface area contributed by atoms with Gasteiger partial charge in [0.05, 0.1) is 22.1 Å². The van der Waals surface area contributed by atoms with E-state index in [1.54, 1.807) is 26.0 Å². The van der Waals surface area contributed by atoms with Crippen LogP contribution in [0.2, 0.25) is 0 Å². The van der Waals surface area contributed by atoms with Crippen molar-refractivity contribution in [1.29, 1.82) is 0 Å². The van der Waals surface area contributed by atoms with Crippen molar-refractivity contribution < 1.29 is 18.0 Å². The number of benzene rings is 1. The van der Waals surface area contributed by atoms with Crippen molar-refractivity contribution in [3.63, 3.8) is 0 Å². The van der Waals surface area contributed by atoms with E-state index in [1.165, 1.54) is 23.5 Å². The van der Waals surface area contributed by atoms with Crippen molar-refractivity contribution in [2.75, 3.05) is 5.32 Å². The van der Waals surface area contributed by atoms with Gasteiger partial charge in [-0.05, 0) is 62.8 Å². The molecule has 0 atom stereocenters. The van der Waals surface area contributed by atoms with E-state index in [2.05, 4.69) is 5.32 Å². The molecule has 2 amide bonds. The number of anilines is 1. The summed E-state index contributed by atoms with van der Waals surface area (Å²) in [5.41, 5.74) is 7.73. The zero-order valence-electron chi connectivity index (χ0n) is 16.7. The van der Waals surface area contributed by atoms with Crippen LogP contribution < -0.4 is 11.1 Å². The average molecular weight is 435 g/mol. The van der Waals surface area contributed by atoms with E-state index in [0.29, 0.717) is 16.1 Å². The minimum atomic E-state index is -3.34. The van der Waals surface area contributed by atoms with Crippen LogP contribution in [0, 0.1) is 0 Å². The highest BCUT2D eigenvalue weighted by Gasteiger charge is 2.24. The van der Waals surface area contributed by atoms with Crippen molar-refractivity contribution in [2.24, 2.45) is 5.73 Å². The van der Waals surface area contributed by atoms with Gasteiger partial charge in [0.1, 0.15) is 5.00 Å². The second-order valence-electron chi connectivity index (χ2n) is 7.60. The molecular formula is C21H26N2O4S2. The Morgan fingerprint density at radius 1 is 1.10 bits per heavy atom. The van der Waals surface area contributed by atoms with Crippen LogP contribution in [0.25, 0.3) is 0 Å². The number of rotatable bonds is 6. The normalized spacial score (nSPS) is 14.3. The molecule has 0 saturated carbocycles. The van der Waals surface area contributed by atoms with Gasteiger partial charge in [-0.3, -0.25) is 9.59 Å². The van der Waals surface area contributed by atoms with E-state index in [-0.39, 0.29) is 17.2 Å². The molecule has 0 radical (unpaired) electrons. The summed E-state index contributed by atoms with van der Waals surface area (Å²) in [4.78, 5) is 25.9. The highest BCUT2D eigenvalue weighted by atomic mass is 32.2. The largest absolute Gasteiger partial charge is 0.365 e. The monoisotopic (exact) mass is 434 g/mol. The summed E-state index contributed by atoms with van der Waals surface area (Å²) in [6.07, 6.45) is 5.02. The Morgan fingerprint density at radius 3 is 2.38 bits per heavy atom. The maximum Gasteiger partial charge on any atom is 0.251 e. The topological polar surface area (TPSA) is 106 Å². The summed E-state index contributed by atoms with van der Waals surface area (Å²) in [5, 5.41) is 2.86. The van der Waals surface area contributed by atoms with Gasteiger partial charge < -0.3 is 11.1 Å². The van der Waals surface area contributed by atoms with E-state index in [1.807, 2.05) is 0 Å². The number of hydrogen-bond donors (Lipinski definition) is 2. The number of nitrogens with two attached hydrogens (primary N) is 1. The molecule has 0 saturated heterocycles. The van der Waals surface area contributed by atoms with E-state index in [4.69, 9.17) is 5.73 Å². The van der Waals surface area contributed by atoms with Crippen LogP contribution in [0.1, 0.15) is 59.5 Å². The highest BCUT2D eigenvalue weighted by Crippen LogP contribution is 2.37. The highest BCUT2D eigenvalue weighted by molar-refractivity contribution is 7.92. The number of carbonyl (C=O) groups is 2. The van der Waals surface area contributed by atoms with Gasteiger partial charge in [-0.1, -0.05) is 18.6 Å². The predicted molar refractivity (Wildman–Crippen MR) is 115 cm³/mol. The van der Waals surface area contributed by atoms with Crippen LogP contribution >= 0.6 is 11.3 Å². The first-order chi connectivity index (χ1) is 13.7. The SMILES string of the molecule is CC(C)S(=O)(=O)c1ccc(CC(=O)Nc2sc3c(c2C(N)=O)CCCCC3)cc1. The van der Waals surface area contributed by atoms with Gasteiger partial charge in [0.2, 0.25) is 5.91 Å². The van der Waals surface area contributed by atoms with Crippen LogP contribution in [0.3, 0.4) is 0 Å². The number of fused-ring (bicyclic) bond motifs is 1. The zero-order chi connectivity index (χ0) is 21.2. The van der Waals surface area contributed by atoms with Gasteiger partial charge in [0.25, 0.3) is 5.91 Å². The van der Waals surface area contributed by atoms with Gasteiger partial charge in [-0.2, -0.15) is 0 Å². The number of amides is 2. The first-order valence-electron chi connectivity index (χ1n) is 9.77. The maximum absolute atomic E-state index is 12.6. The third kappa shape index (κ3) is 4.70. The Hall–Kier alpha value is -2.19. The lowest BCUT2D eigenvalue weighted by atomic mass is 10.1. The standard InChI is InChI=1S/C21H26N2O4S2/c1-13(2)29(26,27)15-10-8-14(9-11-15)12-18(24)23-21-19(20(22)25)16-6-4-3-5-7-17(16)28-21/h8-11,13H,3-7,12H2,1-2H3,(H2,22,25)(H,23,24). The fourth-order valence-electron chi connectivity index (χ4n) is 3.52. The molecule has 1 aromatic heterocycles. The molecule has 2 aromatic rings. The van der Waals surface area contributed by atoms with Crippen LogP contribution in [0.4, 0.5) is 5.00 Å². The summed E-state index contributed by atoms with van der Waals surface area (Å²) < 4.78 is 24.4. The third-order valence-electron chi connectivity index (χ3n) is 5.16. The van der Waals surface area contributed by atoms with Crippen LogP contribution in [0.15, 0.2) is 29.2 Å². The van der Waals surface area contributed by atoms with Gasteiger partial charge >= 0.3 is 0 Å². The molecule has 1 aromatic carbocycles. The molecular weight excluding hydrogens is 408 g/mol. The van der Waals surface area contributed by atoms with Crippen LogP contribution in [-0.2, 0) is 33.9 Å². The molecule has 8 heteroatoms. The maximum atomic E-state index is 12.6. The second kappa shape index (κ2) is 8.67. The minimum absolute atomic E-state index is 0.0861. The molecule has 0 fully saturated rings. The molecule has 156 valence electrons. The zero-order valence-corrected chi connectivity index (χ0v) is 18.3. The fourth-order valence-corrected chi connectivity index (χ4v) is 5.89. The van der Waals surface area contributed by atoms with Crippen LogP contribution in [-0.4, -0.2) is 25.5 Å². The van der Waals surface area contributed by atoms with E-state index in [0.717, 1.165) is 42.5 Å². The van der Waals surface area contributed by atoms with Crippen molar-refractivity contribution in [1.82, 2.24) is 0 Å². The quantitative estimate of drug-likeness (QED) is 0.679. The smallest absolute Gasteiger partial charge is 0.251 e. The number of hydrogen-bond acceptors (Lipinski definition) is 5. The number of aryl methyl sites for hydroxylation is 1. The molecule has 6 nitrogen and oxygen atoms in total. The summed E-state index contributed by atoms with van der Waals surface area (Å²) in [6.45, 7) is 3.27. The predicted octanol–water partition coefficient (Wildman–Crippen LogP) is 3.48. The van der Waals surface area contributed by atoms with Crippen LogP contribution in [0.5, 0.6) is 0 Å². The van der Waals surface area contributed by atoms with E-state index < -0.39 is 21.0 Å². The summed E-state index contributed by atoms with van der Waals surface area (Å²) in [5.74, 6) is -0.772. The Kier molecular flexibility index (Phi) is 6.43. The molecule has 0 bridgehead atoms. The number of primary amides is 1. The Labute approximate surface area is 175 Å². The average Bonchev–Trinajstić information content (AvgIpc) is 2.83. The Morgan fingerprint density at radius 2 is 1.76 bits per heavy atom. The lowest BCUT2D eigenvalue weighted by Crippen LogP contribution is -2.19.